The van der Waals surface area contributed by atoms with E-state index >= 15 is 0 Å². The normalized spacial score (nSPS) is 17.1. The van der Waals surface area contributed by atoms with Crippen molar-refractivity contribution in [2.24, 2.45) is 7.05 Å². The summed E-state index contributed by atoms with van der Waals surface area (Å²) in [5.74, 6) is -0.295. The highest BCUT2D eigenvalue weighted by Gasteiger charge is 2.34. The second-order valence-corrected chi connectivity index (χ2v) is 5.78. The number of aliphatic carboxylic acids is 1. The van der Waals surface area contributed by atoms with Crippen molar-refractivity contribution in [2.75, 3.05) is 26.3 Å². The third-order valence-corrected chi connectivity index (χ3v) is 4.43. The Kier molecular flexibility index (Phi) is 4.66. The van der Waals surface area contributed by atoms with Gasteiger partial charge in [-0.15, -0.1) is 0 Å². The van der Waals surface area contributed by atoms with Gasteiger partial charge in [-0.3, -0.25) is 9.69 Å². The van der Waals surface area contributed by atoms with Crippen LogP contribution in [0.1, 0.15) is 11.7 Å². The van der Waals surface area contributed by atoms with Crippen LogP contribution in [0.5, 0.6) is 0 Å². The summed E-state index contributed by atoms with van der Waals surface area (Å²) in [4.78, 5) is 18.2. The van der Waals surface area contributed by atoms with E-state index in [0.29, 0.717) is 43.0 Å². The number of rotatable bonds is 4. The fourth-order valence-corrected chi connectivity index (χ4v) is 3.03. The minimum Gasteiger partial charge on any atom is -0.480 e. The molecule has 6 nitrogen and oxygen atoms in total. The summed E-state index contributed by atoms with van der Waals surface area (Å²) in [5, 5.41) is 10.0. The Bertz CT molecular complexity index is 696. The van der Waals surface area contributed by atoms with E-state index in [1.165, 1.54) is 0 Å². The summed E-state index contributed by atoms with van der Waals surface area (Å²) in [6, 6.07) is 8.72. The SMILES string of the molecule is Cn1c(-c2ccccc2)nc(C(C(=O)O)N2CCOCC2)c1Cl. The molecule has 23 heavy (non-hydrogen) atoms. The topological polar surface area (TPSA) is 67.6 Å². The van der Waals surface area contributed by atoms with Crippen molar-refractivity contribution in [3.05, 3.63) is 41.2 Å². The Hall–Kier alpha value is -1.89. The van der Waals surface area contributed by atoms with Gasteiger partial charge in [0.25, 0.3) is 0 Å². The molecule has 1 atom stereocenters. The van der Waals surface area contributed by atoms with Crippen molar-refractivity contribution in [3.63, 3.8) is 0 Å². The van der Waals surface area contributed by atoms with E-state index in [9.17, 15) is 9.90 Å². The van der Waals surface area contributed by atoms with Crippen LogP contribution in [0.4, 0.5) is 0 Å². The van der Waals surface area contributed by atoms with Gasteiger partial charge in [-0.1, -0.05) is 41.9 Å². The van der Waals surface area contributed by atoms with Crippen LogP contribution in [0.3, 0.4) is 0 Å². The summed E-state index contributed by atoms with van der Waals surface area (Å²) in [6.45, 7) is 2.12. The van der Waals surface area contributed by atoms with Crippen molar-refractivity contribution in [1.29, 1.82) is 0 Å². The number of nitrogens with zero attached hydrogens (tertiary/aromatic N) is 3. The highest BCUT2D eigenvalue weighted by Crippen LogP contribution is 2.32. The number of hydrogen-bond acceptors (Lipinski definition) is 4. The highest BCUT2D eigenvalue weighted by atomic mass is 35.5. The lowest BCUT2D eigenvalue weighted by Gasteiger charge is -2.31. The zero-order valence-corrected chi connectivity index (χ0v) is 13.5. The molecule has 1 aromatic heterocycles. The van der Waals surface area contributed by atoms with E-state index in [-0.39, 0.29) is 0 Å². The third-order valence-electron chi connectivity index (χ3n) is 3.99. The van der Waals surface area contributed by atoms with Crippen molar-refractivity contribution in [2.45, 2.75) is 6.04 Å². The number of halogens is 1. The van der Waals surface area contributed by atoms with Crippen molar-refractivity contribution >= 4 is 17.6 Å². The minimum absolute atomic E-state index is 0.350. The molecule has 2 aromatic rings. The number of morpholine rings is 1. The van der Waals surface area contributed by atoms with Crippen molar-refractivity contribution < 1.29 is 14.6 Å². The van der Waals surface area contributed by atoms with E-state index in [2.05, 4.69) is 4.98 Å². The predicted molar refractivity (Wildman–Crippen MR) is 86.4 cm³/mol. The smallest absolute Gasteiger partial charge is 0.327 e. The molecule has 0 aliphatic carbocycles. The molecule has 122 valence electrons. The molecule has 7 heteroatoms. The molecule has 1 fully saturated rings. The number of carboxylic acid groups (broad SMARTS) is 1. The average molecular weight is 336 g/mol. The summed E-state index contributed by atoms with van der Waals surface area (Å²) in [6.07, 6.45) is 0. The number of aromatic nitrogens is 2. The Labute approximate surface area is 139 Å². The lowest BCUT2D eigenvalue weighted by atomic mass is 10.1. The van der Waals surface area contributed by atoms with Gasteiger partial charge in [0.1, 0.15) is 16.7 Å². The Morgan fingerprint density at radius 1 is 1.30 bits per heavy atom. The van der Waals surface area contributed by atoms with Gasteiger partial charge in [0.2, 0.25) is 0 Å². The lowest BCUT2D eigenvalue weighted by molar-refractivity contribution is -0.145. The molecule has 1 aliphatic rings. The van der Waals surface area contributed by atoms with Gasteiger partial charge in [-0.25, -0.2) is 4.98 Å². The molecule has 0 radical (unpaired) electrons. The van der Waals surface area contributed by atoms with Crippen LogP contribution in [-0.2, 0) is 16.6 Å². The van der Waals surface area contributed by atoms with Gasteiger partial charge in [0.15, 0.2) is 6.04 Å². The summed E-state index contributed by atoms with van der Waals surface area (Å²) in [5.41, 5.74) is 1.27. The largest absolute Gasteiger partial charge is 0.480 e. The number of imidazole rings is 1. The number of carboxylic acids is 1. The molecule has 2 heterocycles. The Morgan fingerprint density at radius 3 is 2.57 bits per heavy atom. The molecule has 1 N–H and O–H groups in total. The Balaban J connectivity index is 2.02. The second-order valence-electron chi connectivity index (χ2n) is 5.43. The first kappa shape index (κ1) is 16.0. The molecule has 0 saturated carbocycles. The van der Waals surface area contributed by atoms with Gasteiger partial charge in [0.05, 0.1) is 13.2 Å². The number of benzene rings is 1. The third kappa shape index (κ3) is 3.10. The molecule has 1 unspecified atom stereocenters. The standard InChI is InChI=1S/C16H18ClN3O3/c1-19-14(17)12(18-15(19)11-5-3-2-4-6-11)13(16(21)22)20-7-9-23-10-8-20/h2-6,13H,7-10H2,1H3,(H,21,22). The van der Waals surface area contributed by atoms with Gasteiger partial charge in [-0.05, 0) is 0 Å². The van der Waals surface area contributed by atoms with Crippen LogP contribution in [0.25, 0.3) is 11.4 Å². The van der Waals surface area contributed by atoms with Gasteiger partial charge in [0, 0.05) is 25.7 Å². The highest BCUT2D eigenvalue weighted by molar-refractivity contribution is 6.30. The van der Waals surface area contributed by atoms with Crippen LogP contribution in [0.2, 0.25) is 5.15 Å². The maximum Gasteiger partial charge on any atom is 0.327 e. The van der Waals surface area contributed by atoms with Crippen LogP contribution < -0.4 is 0 Å². The summed E-state index contributed by atoms with van der Waals surface area (Å²) >= 11 is 6.40. The first-order valence-corrected chi connectivity index (χ1v) is 7.79. The van der Waals surface area contributed by atoms with Gasteiger partial charge < -0.3 is 14.4 Å². The predicted octanol–water partition coefficient (Wildman–Crippen LogP) is 2.20. The molecule has 0 bridgehead atoms. The van der Waals surface area contributed by atoms with Crippen LogP contribution in [0, 0.1) is 0 Å². The molecule has 0 spiro atoms. The molecule has 1 saturated heterocycles. The number of ether oxygens (including phenoxy) is 1. The van der Waals surface area contributed by atoms with Crippen LogP contribution in [-0.4, -0.2) is 51.8 Å². The molecular formula is C16H18ClN3O3. The molecule has 1 aliphatic heterocycles. The fourth-order valence-electron chi connectivity index (χ4n) is 2.80. The molecule has 0 amide bonds. The second kappa shape index (κ2) is 6.70. The first-order chi connectivity index (χ1) is 11.1. The van der Waals surface area contributed by atoms with Gasteiger partial charge in [-0.2, -0.15) is 0 Å². The van der Waals surface area contributed by atoms with E-state index in [4.69, 9.17) is 16.3 Å². The van der Waals surface area contributed by atoms with E-state index < -0.39 is 12.0 Å². The Morgan fingerprint density at radius 2 is 1.96 bits per heavy atom. The maximum absolute atomic E-state index is 11.8. The van der Waals surface area contributed by atoms with Crippen molar-refractivity contribution in [3.8, 4) is 11.4 Å². The summed E-state index contributed by atoms with van der Waals surface area (Å²) < 4.78 is 7.03. The zero-order valence-electron chi connectivity index (χ0n) is 12.8. The zero-order chi connectivity index (χ0) is 16.4. The molecule has 1 aromatic carbocycles. The first-order valence-electron chi connectivity index (χ1n) is 7.41. The molecular weight excluding hydrogens is 318 g/mol. The van der Waals surface area contributed by atoms with E-state index in [1.807, 2.05) is 35.2 Å². The van der Waals surface area contributed by atoms with E-state index in [1.54, 1.807) is 11.6 Å². The maximum atomic E-state index is 11.8. The quantitative estimate of drug-likeness (QED) is 0.927. The monoisotopic (exact) mass is 335 g/mol. The summed E-state index contributed by atoms with van der Waals surface area (Å²) in [7, 11) is 1.79. The van der Waals surface area contributed by atoms with Gasteiger partial charge >= 0.3 is 5.97 Å². The average Bonchev–Trinajstić information content (AvgIpc) is 2.85. The van der Waals surface area contributed by atoms with E-state index in [0.717, 1.165) is 5.56 Å². The van der Waals surface area contributed by atoms with Crippen LogP contribution >= 0.6 is 11.6 Å². The fraction of sp³-hybridized carbons (Fsp3) is 0.375. The number of hydrogen-bond donors (Lipinski definition) is 1. The van der Waals surface area contributed by atoms with Crippen LogP contribution in [0.15, 0.2) is 30.3 Å². The lowest BCUT2D eigenvalue weighted by Crippen LogP contribution is -2.42. The minimum atomic E-state index is -0.952. The van der Waals surface area contributed by atoms with Crippen molar-refractivity contribution in [1.82, 2.24) is 14.5 Å². The molecule has 3 rings (SSSR count). The number of carbonyl (C=O) groups is 1.